The van der Waals surface area contributed by atoms with Gasteiger partial charge in [0.05, 0.1) is 16.3 Å². The fraction of sp³-hybridized carbons (Fsp3) is 0. The van der Waals surface area contributed by atoms with Crippen LogP contribution in [-0.4, -0.2) is 22.1 Å². The van der Waals surface area contributed by atoms with Gasteiger partial charge in [0.25, 0.3) is 0 Å². The molecule has 0 aliphatic rings. The molecular formula is C13H10ClN3O3. The monoisotopic (exact) mass is 291 g/mol. The highest BCUT2D eigenvalue weighted by Gasteiger charge is 2.15. The summed E-state index contributed by atoms with van der Waals surface area (Å²) in [6.07, 6.45) is 1.52. The number of pyridine rings is 1. The number of nitrogens with zero attached hydrogens (tertiary/aromatic N) is 1. The number of para-hydroxylation sites is 1. The first-order valence-electron chi connectivity index (χ1n) is 5.59. The molecule has 0 atom stereocenters. The number of carbonyl (C=O) groups is 2. The van der Waals surface area contributed by atoms with Crippen molar-refractivity contribution in [2.24, 2.45) is 0 Å². The molecule has 1 aromatic heterocycles. The number of anilines is 2. The predicted molar refractivity (Wildman–Crippen MR) is 75.3 cm³/mol. The number of nitrogens with one attached hydrogen (secondary N) is 2. The van der Waals surface area contributed by atoms with Gasteiger partial charge in [0, 0.05) is 6.20 Å². The number of aromatic nitrogens is 1. The van der Waals surface area contributed by atoms with Crippen LogP contribution in [0, 0.1) is 0 Å². The number of benzene rings is 1. The lowest BCUT2D eigenvalue weighted by Gasteiger charge is -2.10. The van der Waals surface area contributed by atoms with Gasteiger partial charge in [-0.05, 0) is 24.3 Å². The SMILES string of the molecule is O=C(Nc1ccccn1)Nc1c(Cl)cccc1C(=O)O. The van der Waals surface area contributed by atoms with Crippen LogP contribution < -0.4 is 10.6 Å². The maximum Gasteiger partial charge on any atom is 0.337 e. The highest BCUT2D eigenvalue weighted by molar-refractivity contribution is 6.34. The molecule has 7 heteroatoms. The number of aromatic carboxylic acids is 1. The van der Waals surface area contributed by atoms with E-state index in [1.54, 1.807) is 18.2 Å². The number of carboxylic acid groups (broad SMARTS) is 1. The van der Waals surface area contributed by atoms with Gasteiger partial charge in [-0.25, -0.2) is 14.6 Å². The number of rotatable bonds is 3. The summed E-state index contributed by atoms with van der Waals surface area (Å²) in [5.41, 5.74) is -0.0521. The van der Waals surface area contributed by atoms with Gasteiger partial charge in [-0.15, -0.1) is 0 Å². The third kappa shape index (κ3) is 3.24. The topological polar surface area (TPSA) is 91.3 Å². The summed E-state index contributed by atoms with van der Waals surface area (Å²) in [6, 6.07) is 8.73. The summed E-state index contributed by atoms with van der Waals surface area (Å²) in [7, 11) is 0. The molecule has 0 aliphatic heterocycles. The van der Waals surface area contributed by atoms with Gasteiger partial charge >= 0.3 is 12.0 Å². The second-order valence-corrected chi connectivity index (χ2v) is 4.17. The number of urea groups is 1. The maximum atomic E-state index is 11.8. The zero-order chi connectivity index (χ0) is 14.5. The maximum absolute atomic E-state index is 11.8. The molecule has 0 spiro atoms. The van der Waals surface area contributed by atoms with Crippen molar-refractivity contribution in [3.63, 3.8) is 0 Å². The summed E-state index contributed by atoms with van der Waals surface area (Å²) in [4.78, 5) is 26.8. The Hall–Kier alpha value is -2.60. The Kier molecular flexibility index (Phi) is 4.17. The Morgan fingerprint density at radius 3 is 2.55 bits per heavy atom. The molecule has 20 heavy (non-hydrogen) atoms. The van der Waals surface area contributed by atoms with Crippen LogP contribution in [0.4, 0.5) is 16.3 Å². The predicted octanol–water partition coefficient (Wildman–Crippen LogP) is 3.08. The largest absolute Gasteiger partial charge is 0.478 e. The standard InChI is InChI=1S/C13H10ClN3O3/c14-9-5-3-4-8(12(18)19)11(9)17-13(20)16-10-6-1-2-7-15-10/h1-7H,(H,18,19)(H2,15,16,17,20). The van der Waals surface area contributed by atoms with Crippen LogP contribution >= 0.6 is 11.6 Å². The van der Waals surface area contributed by atoms with E-state index in [2.05, 4.69) is 15.6 Å². The fourth-order valence-corrected chi connectivity index (χ4v) is 1.75. The molecule has 0 aliphatic carbocycles. The Morgan fingerprint density at radius 2 is 1.90 bits per heavy atom. The summed E-state index contributed by atoms with van der Waals surface area (Å²) >= 11 is 5.90. The molecule has 102 valence electrons. The van der Waals surface area contributed by atoms with Crippen LogP contribution in [0.5, 0.6) is 0 Å². The highest BCUT2D eigenvalue weighted by atomic mass is 35.5. The first-order valence-corrected chi connectivity index (χ1v) is 5.96. The van der Waals surface area contributed by atoms with Crippen LogP contribution in [0.2, 0.25) is 5.02 Å². The number of hydrogen-bond acceptors (Lipinski definition) is 3. The zero-order valence-corrected chi connectivity index (χ0v) is 10.9. The quantitative estimate of drug-likeness (QED) is 0.810. The van der Waals surface area contributed by atoms with E-state index in [0.717, 1.165) is 0 Å². The number of hydrogen-bond donors (Lipinski definition) is 3. The molecule has 2 rings (SSSR count). The third-order valence-corrected chi connectivity index (χ3v) is 2.70. The number of amides is 2. The van der Waals surface area contributed by atoms with Crippen LogP contribution in [0.3, 0.4) is 0 Å². The van der Waals surface area contributed by atoms with Crippen molar-refractivity contribution in [3.05, 3.63) is 53.2 Å². The van der Waals surface area contributed by atoms with Gasteiger partial charge < -0.3 is 10.4 Å². The second kappa shape index (κ2) is 6.03. The van der Waals surface area contributed by atoms with Crippen LogP contribution in [0.1, 0.15) is 10.4 Å². The molecule has 0 radical (unpaired) electrons. The van der Waals surface area contributed by atoms with E-state index in [1.165, 1.54) is 24.4 Å². The molecule has 2 amide bonds. The van der Waals surface area contributed by atoms with Crippen molar-refractivity contribution < 1.29 is 14.7 Å². The molecular weight excluding hydrogens is 282 g/mol. The first-order chi connectivity index (χ1) is 9.58. The smallest absolute Gasteiger partial charge is 0.337 e. The van der Waals surface area contributed by atoms with Crippen molar-refractivity contribution in [2.45, 2.75) is 0 Å². The molecule has 0 unspecified atom stereocenters. The Bertz CT molecular complexity index is 647. The van der Waals surface area contributed by atoms with E-state index in [9.17, 15) is 9.59 Å². The normalized spacial score (nSPS) is 9.85. The Morgan fingerprint density at radius 1 is 1.10 bits per heavy atom. The minimum atomic E-state index is -1.18. The van der Waals surface area contributed by atoms with Gasteiger partial charge in [0.15, 0.2) is 0 Å². The average Bonchev–Trinajstić information content (AvgIpc) is 2.42. The molecule has 1 aromatic carbocycles. The van der Waals surface area contributed by atoms with E-state index in [4.69, 9.17) is 16.7 Å². The molecule has 1 heterocycles. The summed E-state index contributed by atoms with van der Waals surface area (Å²) < 4.78 is 0. The number of carbonyl (C=O) groups excluding carboxylic acids is 1. The molecule has 0 fully saturated rings. The lowest BCUT2D eigenvalue weighted by atomic mass is 10.2. The van der Waals surface area contributed by atoms with E-state index < -0.39 is 12.0 Å². The number of carboxylic acids is 1. The van der Waals surface area contributed by atoms with E-state index in [0.29, 0.717) is 5.82 Å². The fourth-order valence-electron chi connectivity index (χ4n) is 1.53. The minimum absolute atomic E-state index is 0.0371. The number of halogens is 1. The minimum Gasteiger partial charge on any atom is -0.478 e. The highest BCUT2D eigenvalue weighted by Crippen LogP contribution is 2.26. The lowest BCUT2D eigenvalue weighted by molar-refractivity contribution is 0.0698. The molecule has 0 bridgehead atoms. The molecule has 0 saturated carbocycles. The van der Waals surface area contributed by atoms with Gasteiger partial charge in [-0.3, -0.25) is 5.32 Å². The van der Waals surface area contributed by atoms with Gasteiger partial charge in [-0.2, -0.15) is 0 Å². The van der Waals surface area contributed by atoms with Crippen molar-refractivity contribution >= 4 is 35.1 Å². The second-order valence-electron chi connectivity index (χ2n) is 3.76. The molecule has 2 aromatic rings. The summed E-state index contributed by atoms with van der Waals surface area (Å²) in [6.45, 7) is 0. The molecule has 6 nitrogen and oxygen atoms in total. The third-order valence-electron chi connectivity index (χ3n) is 2.39. The van der Waals surface area contributed by atoms with Crippen LogP contribution in [-0.2, 0) is 0 Å². The van der Waals surface area contributed by atoms with E-state index >= 15 is 0 Å². The lowest BCUT2D eigenvalue weighted by Crippen LogP contribution is -2.21. The van der Waals surface area contributed by atoms with Gasteiger partial charge in [0.1, 0.15) is 5.82 Å². The zero-order valence-electron chi connectivity index (χ0n) is 10.1. The summed E-state index contributed by atoms with van der Waals surface area (Å²) in [5.74, 6) is -0.838. The Labute approximate surface area is 119 Å². The van der Waals surface area contributed by atoms with Crippen molar-refractivity contribution in [2.75, 3.05) is 10.6 Å². The van der Waals surface area contributed by atoms with Crippen LogP contribution in [0.25, 0.3) is 0 Å². The van der Waals surface area contributed by atoms with E-state index in [1.807, 2.05) is 0 Å². The van der Waals surface area contributed by atoms with Crippen molar-refractivity contribution in [1.82, 2.24) is 4.98 Å². The van der Waals surface area contributed by atoms with Crippen molar-refractivity contribution in [1.29, 1.82) is 0 Å². The van der Waals surface area contributed by atoms with Crippen LogP contribution in [0.15, 0.2) is 42.6 Å². The average molecular weight is 292 g/mol. The van der Waals surface area contributed by atoms with Crippen molar-refractivity contribution in [3.8, 4) is 0 Å². The first kappa shape index (κ1) is 13.8. The molecule has 0 saturated heterocycles. The van der Waals surface area contributed by atoms with Gasteiger partial charge in [-0.1, -0.05) is 23.7 Å². The van der Waals surface area contributed by atoms with Gasteiger partial charge in [0.2, 0.25) is 0 Å². The Balaban J connectivity index is 2.18. The summed E-state index contributed by atoms with van der Waals surface area (Å²) in [5, 5.41) is 14.1. The van der Waals surface area contributed by atoms with E-state index in [-0.39, 0.29) is 16.3 Å². The molecule has 3 N–H and O–H groups in total.